The molecule has 2 rings (SSSR count). The number of anilines is 1. The Morgan fingerprint density at radius 2 is 2.19 bits per heavy atom. The Hall–Kier alpha value is -2.48. The first kappa shape index (κ1) is 14.9. The SMILES string of the molecule is O=C(CN1C(=O)CCc2cc([N+](=O)[O-])ccc21)NCCO. The molecular formula is C13H15N3O5. The minimum absolute atomic E-state index is 0.0345. The van der Waals surface area contributed by atoms with E-state index in [4.69, 9.17) is 5.11 Å². The molecule has 2 amide bonds. The molecule has 8 nitrogen and oxygen atoms in total. The van der Waals surface area contributed by atoms with Gasteiger partial charge in [-0.1, -0.05) is 0 Å². The molecule has 2 N–H and O–H groups in total. The second kappa shape index (κ2) is 6.31. The molecule has 0 saturated heterocycles. The Morgan fingerprint density at radius 3 is 2.86 bits per heavy atom. The third kappa shape index (κ3) is 3.34. The summed E-state index contributed by atoms with van der Waals surface area (Å²) < 4.78 is 0. The standard InChI is InChI=1S/C13H15N3O5/c17-6-5-14-12(18)8-15-11-3-2-10(16(20)21)7-9(11)1-4-13(15)19/h2-3,7,17H,1,4-6,8H2,(H,14,18). The monoisotopic (exact) mass is 293 g/mol. The largest absolute Gasteiger partial charge is 0.395 e. The van der Waals surface area contributed by atoms with E-state index in [0.717, 1.165) is 0 Å². The zero-order chi connectivity index (χ0) is 15.4. The molecule has 0 atom stereocenters. The number of carbonyl (C=O) groups is 2. The average molecular weight is 293 g/mol. The molecule has 0 fully saturated rings. The highest BCUT2D eigenvalue weighted by atomic mass is 16.6. The number of hydrogen-bond donors (Lipinski definition) is 2. The first-order chi connectivity index (χ1) is 10.0. The van der Waals surface area contributed by atoms with Gasteiger partial charge in [0, 0.05) is 30.8 Å². The fourth-order valence-corrected chi connectivity index (χ4v) is 2.23. The van der Waals surface area contributed by atoms with Gasteiger partial charge in [-0.25, -0.2) is 0 Å². The van der Waals surface area contributed by atoms with Crippen molar-refractivity contribution >= 4 is 23.2 Å². The third-order valence-corrected chi connectivity index (χ3v) is 3.21. The molecule has 1 aromatic rings. The van der Waals surface area contributed by atoms with E-state index in [2.05, 4.69) is 5.32 Å². The molecule has 0 spiro atoms. The summed E-state index contributed by atoms with van der Waals surface area (Å²) in [6.45, 7) is -0.222. The number of nitrogens with one attached hydrogen (secondary N) is 1. The van der Waals surface area contributed by atoms with Gasteiger partial charge in [0.1, 0.15) is 6.54 Å². The minimum Gasteiger partial charge on any atom is -0.395 e. The summed E-state index contributed by atoms with van der Waals surface area (Å²) in [5.41, 5.74) is 1.17. The molecule has 0 aromatic heterocycles. The number of amides is 2. The molecule has 21 heavy (non-hydrogen) atoms. The molecule has 0 unspecified atom stereocenters. The van der Waals surface area contributed by atoms with Gasteiger partial charge >= 0.3 is 0 Å². The van der Waals surface area contributed by atoms with E-state index < -0.39 is 4.92 Å². The van der Waals surface area contributed by atoms with Crippen molar-refractivity contribution in [2.75, 3.05) is 24.6 Å². The van der Waals surface area contributed by atoms with E-state index in [1.54, 1.807) is 0 Å². The maximum absolute atomic E-state index is 11.9. The maximum atomic E-state index is 11.9. The summed E-state index contributed by atoms with van der Waals surface area (Å²) in [7, 11) is 0. The van der Waals surface area contributed by atoms with Crippen LogP contribution in [0.25, 0.3) is 0 Å². The number of aliphatic hydroxyl groups excluding tert-OH is 1. The molecular weight excluding hydrogens is 278 g/mol. The molecule has 0 saturated carbocycles. The lowest BCUT2D eigenvalue weighted by molar-refractivity contribution is -0.384. The second-order valence-electron chi connectivity index (χ2n) is 4.62. The van der Waals surface area contributed by atoms with Crippen LogP contribution >= 0.6 is 0 Å². The van der Waals surface area contributed by atoms with Crippen LogP contribution in [0.15, 0.2) is 18.2 Å². The van der Waals surface area contributed by atoms with Gasteiger partial charge in [0.15, 0.2) is 0 Å². The first-order valence-corrected chi connectivity index (χ1v) is 6.48. The van der Waals surface area contributed by atoms with Crippen molar-refractivity contribution in [1.82, 2.24) is 5.32 Å². The zero-order valence-electron chi connectivity index (χ0n) is 11.2. The number of fused-ring (bicyclic) bond motifs is 1. The lowest BCUT2D eigenvalue weighted by Gasteiger charge is -2.28. The highest BCUT2D eigenvalue weighted by Crippen LogP contribution is 2.30. The number of nitro benzene ring substituents is 1. The van der Waals surface area contributed by atoms with Crippen LogP contribution in [0.1, 0.15) is 12.0 Å². The Bertz CT molecular complexity index is 587. The molecule has 1 aromatic carbocycles. The van der Waals surface area contributed by atoms with E-state index in [1.165, 1.54) is 23.1 Å². The number of carbonyl (C=O) groups excluding carboxylic acids is 2. The van der Waals surface area contributed by atoms with Crippen LogP contribution in [-0.4, -0.2) is 41.5 Å². The predicted octanol–water partition coefficient (Wildman–Crippen LogP) is -0.0175. The molecule has 1 aliphatic heterocycles. The number of hydrogen-bond acceptors (Lipinski definition) is 5. The summed E-state index contributed by atoms with van der Waals surface area (Å²) in [4.78, 5) is 35.2. The van der Waals surface area contributed by atoms with E-state index in [0.29, 0.717) is 17.7 Å². The highest BCUT2D eigenvalue weighted by molar-refractivity contribution is 6.01. The van der Waals surface area contributed by atoms with Crippen molar-refractivity contribution in [1.29, 1.82) is 0 Å². The number of rotatable bonds is 5. The summed E-state index contributed by atoms with van der Waals surface area (Å²) in [5, 5.41) is 21.9. The molecule has 8 heteroatoms. The topological polar surface area (TPSA) is 113 Å². The van der Waals surface area contributed by atoms with Crippen LogP contribution < -0.4 is 10.2 Å². The Balaban J connectivity index is 2.22. The average Bonchev–Trinajstić information content (AvgIpc) is 2.47. The molecule has 1 aliphatic rings. The highest BCUT2D eigenvalue weighted by Gasteiger charge is 2.27. The van der Waals surface area contributed by atoms with Crippen LogP contribution in [0.5, 0.6) is 0 Å². The summed E-state index contributed by atoms with van der Waals surface area (Å²) >= 11 is 0. The summed E-state index contributed by atoms with van der Waals surface area (Å²) in [6.07, 6.45) is 0.631. The number of nitrogens with zero attached hydrogens (tertiary/aromatic N) is 2. The Kier molecular flexibility index (Phi) is 4.49. The number of aryl methyl sites for hydroxylation is 1. The van der Waals surface area contributed by atoms with E-state index in [1.807, 2.05) is 0 Å². The van der Waals surface area contributed by atoms with Crippen molar-refractivity contribution < 1.29 is 19.6 Å². The summed E-state index contributed by atoms with van der Waals surface area (Å²) in [6, 6.07) is 4.24. The van der Waals surface area contributed by atoms with Crippen LogP contribution in [0.4, 0.5) is 11.4 Å². The van der Waals surface area contributed by atoms with Crippen molar-refractivity contribution in [2.24, 2.45) is 0 Å². The number of benzene rings is 1. The Morgan fingerprint density at radius 1 is 1.43 bits per heavy atom. The van der Waals surface area contributed by atoms with Gasteiger partial charge in [0.2, 0.25) is 11.8 Å². The zero-order valence-corrected chi connectivity index (χ0v) is 11.2. The summed E-state index contributed by atoms with van der Waals surface area (Å²) in [5.74, 6) is -0.584. The van der Waals surface area contributed by atoms with Gasteiger partial charge in [-0.15, -0.1) is 0 Å². The molecule has 0 bridgehead atoms. The van der Waals surface area contributed by atoms with Gasteiger partial charge in [-0.2, -0.15) is 0 Å². The molecule has 1 heterocycles. The number of nitro groups is 1. The fourth-order valence-electron chi connectivity index (χ4n) is 2.23. The lowest BCUT2D eigenvalue weighted by Crippen LogP contribution is -2.43. The van der Waals surface area contributed by atoms with Gasteiger partial charge in [-0.05, 0) is 18.1 Å². The van der Waals surface area contributed by atoms with Gasteiger partial charge < -0.3 is 15.3 Å². The fraction of sp³-hybridized carbons (Fsp3) is 0.385. The van der Waals surface area contributed by atoms with Crippen LogP contribution in [0, 0.1) is 10.1 Å². The minimum atomic E-state index is -0.491. The number of non-ortho nitro benzene ring substituents is 1. The van der Waals surface area contributed by atoms with E-state index in [-0.39, 0.29) is 43.6 Å². The van der Waals surface area contributed by atoms with E-state index in [9.17, 15) is 19.7 Å². The van der Waals surface area contributed by atoms with Gasteiger partial charge in [0.25, 0.3) is 5.69 Å². The Labute approximate surface area is 120 Å². The van der Waals surface area contributed by atoms with Crippen molar-refractivity contribution in [3.63, 3.8) is 0 Å². The first-order valence-electron chi connectivity index (χ1n) is 6.48. The smallest absolute Gasteiger partial charge is 0.269 e. The maximum Gasteiger partial charge on any atom is 0.269 e. The molecule has 0 radical (unpaired) electrons. The van der Waals surface area contributed by atoms with Gasteiger partial charge in [0.05, 0.1) is 11.5 Å². The predicted molar refractivity (Wildman–Crippen MR) is 73.9 cm³/mol. The molecule has 112 valence electrons. The van der Waals surface area contributed by atoms with Crippen molar-refractivity contribution in [3.8, 4) is 0 Å². The van der Waals surface area contributed by atoms with E-state index >= 15 is 0 Å². The van der Waals surface area contributed by atoms with Crippen molar-refractivity contribution in [2.45, 2.75) is 12.8 Å². The van der Waals surface area contributed by atoms with Crippen molar-refractivity contribution in [3.05, 3.63) is 33.9 Å². The quantitative estimate of drug-likeness (QED) is 0.585. The van der Waals surface area contributed by atoms with Crippen LogP contribution in [0.2, 0.25) is 0 Å². The lowest BCUT2D eigenvalue weighted by atomic mass is 10.0. The van der Waals surface area contributed by atoms with Crippen LogP contribution in [-0.2, 0) is 16.0 Å². The van der Waals surface area contributed by atoms with Crippen LogP contribution in [0.3, 0.4) is 0 Å². The molecule has 0 aliphatic carbocycles. The third-order valence-electron chi connectivity index (χ3n) is 3.21. The van der Waals surface area contributed by atoms with Gasteiger partial charge in [-0.3, -0.25) is 19.7 Å². The second-order valence-corrected chi connectivity index (χ2v) is 4.62. The normalized spacial score (nSPS) is 13.8. The number of aliphatic hydroxyl groups is 1.